The lowest BCUT2D eigenvalue weighted by atomic mass is 10.1. The maximum absolute atomic E-state index is 13.1. The summed E-state index contributed by atoms with van der Waals surface area (Å²) in [6, 6.07) is 18.2. The van der Waals surface area contributed by atoms with Crippen molar-refractivity contribution in [1.29, 1.82) is 5.41 Å². The summed E-state index contributed by atoms with van der Waals surface area (Å²) in [5.74, 6) is 0.0529. The van der Waals surface area contributed by atoms with Crippen LogP contribution in [0.1, 0.15) is 11.1 Å². The maximum atomic E-state index is 13.1. The number of nitrogens with two attached hydrogens (primary N) is 1. The Morgan fingerprint density at radius 1 is 0.933 bits per heavy atom. The summed E-state index contributed by atoms with van der Waals surface area (Å²) < 4.78 is 27.8. The number of nitrogens with zero attached hydrogens (tertiary/aromatic N) is 2. The zero-order valence-corrected chi connectivity index (χ0v) is 18.0. The quantitative estimate of drug-likeness (QED) is 0.468. The van der Waals surface area contributed by atoms with Crippen LogP contribution in [0.2, 0.25) is 5.02 Å². The van der Waals surface area contributed by atoms with Gasteiger partial charge in [-0.25, -0.2) is 8.42 Å². The predicted molar refractivity (Wildman–Crippen MR) is 120 cm³/mol. The van der Waals surface area contributed by atoms with Crippen LogP contribution in [0.25, 0.3) is 10.8 Å². The minimum atomic E-state index is -3.54. The number of hydrogen-bond acceptors (Lipinski definition) is 4. The number of amidine groups is 1. The summed E-state index contributed by atoms with van der Waals surface area (Å²) in [4.78, 5) is 2.54. The number of hydrogen-bond donors (Lipinski definition) is 2. The molecule has 1 aliphatic rings. The van der Waals surface area contributed by atoms with Crippen molar-refractivity contribution < 1.29 is 8.42 Å². The Hall–Kier alpha value is -2.45. The fourth-order valence-electron chi connectivity index (χ4n) is 3.68. The molecule has 0 spiro atoms. The summed E-state index contributed by atoms with van der Waals surface area (Å²) in [6.45, 7) is 2.97. The molecule has 3 aromatic carbocycles. The van der Waals surface area contributed by atoms with E-state index in [1.165, 1.54) is 0 Å². The summed E-state index contributed by atoms with van der Waals surface area (Å²) >= 11 is 6.02. The van der Waals surface area contributed by atoms with Crippen molar-refractivity contribution in [3.05, 3.63) is 76.8 Å². The number of fused-ring (bicyclic) bond motifs is 1. The average molecular weight is 443 g/mol. The van der Waals surface area contributed by atoms with Crippen LogP contribution in [0.3, 0.4) is 0 Å². The van der Waals surface area contributed by atoms with Gasteiger partial charge in [-0.2, -0.15) is 4.31 Å². The Morgan fingerprint density at radius 2 is 1.57 bits per heavy atom. The highest BCUT2D eigenvalue weighted by Gasteiger charge is 2.28. The zero-order chi connectivity index (χ0) is 21.3. The number of benzene rings is 3. The van der Waals surface area contributed by atoms with E-state index in [1.807, 2.05) is 36.4 Å². The van der Waals surface area contributed by atoms with Crippen LogP contribution in [0.15, 0.2) is 65.6 Å². The Kier molecular flexibility index (Phi) is 5.79. The van der Waals surface area contributed by atoms with Gasteiger partial charge in [0.15, 0.2) is 0 Å². The molecule has 4 rings (SSSR count). The minimum Gasteiger partial charge on any atom is -0.384 e. The molecule has 1 fully saturated rings. The highest BCUT2D eigenvalue weighted by atomic mass is 35.5. The topological polar surface area (TPSA) is 90.5 Å². The van der Waals surface area contributed by atoms with Crippen molar-refractivity contribution in [2.75, 3.05) is 26.2 Å². The third-order valence-corrected chi connectivity index (χ3v) is 7.54. The van der Waals surface area contributed by atoms with E-state index in [2.05, 4.69) is 4.90 Å². The molecule has 30 heavy (non-hydrogen) atoms. The summed E-state index contributed by atoms with van der Waals surface area (Å²) in [5, 5.41) is 9.87. The van der Waals surface area contributed by atoms with Crippen molar-refractivity contribution in [2.24, 2.45) is 5.73 Å². The number of halogens is 1. The van der Waals surface area contributed by atoms with Gasteiger partial charge >= 0.3 is 0 Å². The molecule has 0 radical (unpaired) electrons. The zero-order valence-electron chi connectivity index (χ0n) is 16.4. The van der Waals surface area contributed by atoms with Gasteiger partial charge in [0, 0.05) is 43.3 Å². The first-order chi connectivity index (χ1) is 14.3. The summed E-state index contributed by atoms with van der Waals surface area (Å²) in [7, 11) is -3.54. The number of piperazine rings is 1. The second-order valence-corrected chi connectivity index (χ2v) is 9.82. The molecule has 6 nitrogen and oxygen atoms in total. The standard InChI is InChI=1S/C22H23ClN4O2S/c23-20-7-5-19-14-21(8-6-18(19)13-20)30(28,29)27-11-9-26(10-12-27)15-16-1-3-17(4-2-16)22(24)25/h1-8,13-14H,9-12,15H2,(H3,24,25). The van der Waals surface area contributed by atoms with Crippen LogP contribution in [0.5, 0.6) is 0 Å². The Bertz CT molecular complexity index is 1190. The molecule has 156 valence electrons. The van der Waals surface area contributed by atoms with Gasteiger partial charge in [-0.1, -0.05) is 48.0 Å². The average Bonchev–Trinajstić information content (AvgIpc) is 2.74. The normalized spacial score (nSPS) is 16.0. The first-order valence-corrected chi connectivity index (χ1v) is 11.5. The van der Waals surface area contributed by atoms with E-state index < -0.39 is 10.0 Å². The van der Waals surface area contributed by atoms with Crippen molar-refractivity contribution in [2.45, 2.75) is 11.4 Å². The smallest absolute Gasteiger partial charge is 0.243 e. The lowest BCUT2D eigenvalue weighted by Gasteiger charge is -2.34. The molecule has 1 saturated heterocycles. The Balaban J connectivity index is 1.42. The van der Waals surface area contributed by atoms with Crippen LogP contribution in [-0.2, 0) is 16.6 Å². The first-order valence-electron chi connectivity index (χ1n) is 9.68. The van der Waals surface area contributed by atoms with Crippen LogP contribution < -0.4 is 5.73 Å². The highest BCUT2D eigenvalue weighted by Crippen LogP contribution is 2.25. The van der Waals surface area contributed by atoms with E-state index in [9.17, 15) is 8.42 Å². The molecule has 0 saturated carbocycles. The van der Waals surface area contributed by atoms with Gasteiger partial charge in [-0.15, -0.1) is 0 Å². The fraction of sp³-hybridized carbons (Fsp3) is 0.227. The molecule has 1 heterocycles. The van der Waals surface area contributed by atoms with E-state index in [4.69, 9.17) is 22.7 Å². The first kappa shape index (κ1) is 20.8. The van der Waals surface area contributed by atoms with E-state index in [0.29, 0.717) is 41.7 Å². The third-order valence-electron chi connectivity index (χ3n) is 5.41. The molecule has 0 aliphatic carbocycles. The molecule has 0 bridgehead atoms. The monoisotopic (exact) mass is 442 g/mol. The van der Waals surface area contributed by atoms with Crippen LogP contribution in [0.4, 0.5) is 0 Å². The number of sulfonamides is 1. The molecule has 8 heteroatoms. The summed E-state index contributed by atoms with van der Waals surface area (Å²) in [5.41, 5.74) is 7.31. The fourth-order valence-corrected chi connectivity index (χ4v) is 5.32. The van der Waals surface area contributed by atoms with Crippen LogP contribution in [0, 0.1) is 5.41 Å². The Morgan fingerprint density at radius 3 is 2.23 bits per heavy atom. The van der Waals surface area contributed by atoms with E-state index in [1.54, 1.807) is 28.6 Å². The molecule has 3 aromatic rings. The largest absolute Gasteiger partial charge is 0.384 e. The predicted octanol–water partition coefficient (Wildman–Crippen LogP) is 3.28. The molecular formula is C22H23ClN4O2S. The molecule has 0 atom stereocenters. The van der Waals surface area contributed by atoms with Crippen LogP contribution in [-0.4, -0.2) is 49.6 Å². The Labute approximate surface area is 181 Å². The van der Waals surface area contributed by atoms with Crippen LogP contribution >= 0.6 is 11.6 Å². The van der Waals surface area contributed by atoms with Gasteiger partial charge in [0.2, 0.25) is 10.0 Å². The second-order valence-electron chi connectivity index (χ2n) is 7.44. The van der Waals surface area contributed by atoms with Crippen molar-refractivity contribution in [3.8, 4) is 0 Å². The molecule has 3 N–H and O–H groups in total. The lowest BCUT2D eigenvalue weighted by molar-refractivity contribution is 0.181. The van der Waals surface area contributed by atoms with E-state index in [-0.39, 0.29) is 5.84 Å². The maximum Gasteiger partial charge on any atom is 0.243 e. The molecule has 0 aromatic heterocycles. The van der Waals surface area contributed by atoms with E-state index >= 15 is 0 Å². The van der Waals surface area contributed by atoms with Gasteiger partial charge in [-0.05, 0) is 40.6 Å². The molecule has 0 unspecified atom stereocenters. The number of nitrogen functional groups attached to an aromatic ring is 1. The van der Waals surface area contributed by atoms with Crippen molar-refractivity contribution in [1.82, 2.24) is 9.21 Å². The van der Waals surface area contributed by atoms with E-state index in [0.717, 1.165) is 22.9 Å². The lowest BCUT2D eigenvalue weighted by Crippen LogP contribution is -2.48. The van der Waals surface area contributed by atoms with Gasteiger partial charge < -0.3 is 5.73 Å². The third kappa shape index (κ3) is 4.34. The minimum absolute atomic E-state index is 0.0529. The van der Waals surface area contributed by atoms with Gasteiger partial charge in [-0.3, -0.25) is 10.3 Å². The second kappa shape index (κ2) is 8.35. The summed E-state index contributed by atoms with van der Waals surface area (Å²) in [6.07, 6.45) is 0. The van der Waals surface area contributed by atoms with Crippen molar-refractivity contribution >= 4 is 38.2 Å². The SMILES string of the molecule is N=C(N)c1ccc(CN2CCN(S(=O)(=O)c3ccc4cc(Cl)ccc4c3)CC2)cc1. The van der Waals surface area contributed by atoms with Gasteiger partial charge in [0.1, 0.15) is 5.84 Å². The highest BCUT2D eigenvalue weighted by molar-refractivity contribution is 7.89. The molecule has 1 aliphatic heterocycles. The number of nitrogens with one attached hydrogen (secondary N) is 1. The number of rotatable bonds is 5. The molecular weight excluding hydrogens is 420 g/mol. The van der Waals surface area contributed by atoms with Crippen molar-refractivity contribution in [3.63, 3.8) is 0 Å². The van der Waals surface area contributed by atoms with Gasteiger partial charge in [0.25, 0.3) is 0 Å². The van der Waals surface area contributed by atoms with Gasteiger partial charge in [0.05, 0.1) is 4.90 Å². The molecule has 0 amide bonds.